The molecule has 1 aromatic carbocycles. The largest absolute Gasteiger partial charge is 0.387 e. The highest BCUT2D eigenvalue weighted by Gasteiger charge is 2.55. The molecule has 1 aromatic rings. The molecule has 2 saturated carbocycles. The predicted molar refractivity (Wildman–Crippen MR) is 177 cm³/mol. The molecule has 5 rings (SSSR count). The molecule has 4 amide bonds. The molecule has 47 heavy (non-hydrogen) atoms. The number of amides is 4. The number of halogens is 1. The van der Waals surface area contributed by atoms with Crippen molar-refractivity contribution >= 4 is 46.7 Å². The summed E-state index contributed by atoms with van der Waals surface area (Å²) < 4.78 is 0. The van der Waals surface area contributed by atoms with Gasteiger partial charge in [-0.15, -0.1) is 0 Å². The van der Waals surface area contributed by atoms with Crippen LogP contribution in [0.1, 0.15) is 97.0 Å². The smallest absolute Gasteiger partial charge is 0.289 e. The topological polar surface area (TPSA) is 146 Å². The maximum absolute atomic E-state index is 14.5. The Kier molecular flexibility index (Phi) is 10.6. The molecule has 0 radical (unpaired) electrons. The Morgan fingerprint density at radius 2 is 1.77 bits per heavy atom. The molecule has 3 N–H and O–H groups in total. The van der Waals surface area contributed by atoms with E-state index in [4.69, 9.17) is 16.4 Å². The van der Waals surface area contributed by atoms with E-state index >= 15 is 0 Å². The monoisotopic (exact) mass is 669 g/mol. The molecule has 2 aliphatic carbocycles. The third-order valence-electron chi connectivity index (χ3n) is 9.95. The molecule has 256 valence electrons. The van der Waals surface area contributed by atoms with Crippen molar-refractivity contribution in [1.29, 1.82) is 0 Å². The van der Waals surface area contributed by atoms with E-state index in [1.165, 1.54) is 18.4 Å². The fourth-order valence-corrected chi connectivity index (χ4v) is 7.30. The number of nitrogens with one attached hydrogen (secondary N) is 3. The highest BCUT2D eigenvalue weighted by molar-refractivity contribution is 6.38. The van der Waals surface area contributed by atoms with Gasteiger partial charge in [-0.25, -0.2) is 0 Å². The Hall–Kier alpha value is -3.47. The van der Waals surface area contributed by atoms with Crippen LogP contribution in [0.4, 0.5) is 0 Å². The fourth-order valence-electron chi connectivity index (χ4n) is 7.11. The molecule has 4 aliphatic rings. The Balaban J connectivity index is 1.39. The summed E-state index contributed by atoms with van der Waals surface area (Å²) in [6.45, 7) is 5.71. The molecule has 1 saturated heterocycles. The molecule has 0 unspecified atom stereocenters. The first-order valence-corrected chi connectivity index (χ1v) is 17.3. The molecule has 2 heterocycles. The van der Waals surface area contributed by atoms with Gasteiger partial charge in [0, 0.05) is 36.9 Å². The number of likely N-dealkylation sites (N-methyl/N-ethyl adjacent to an activating group) is 1. The Labute approximate surface area is 281 Å². The van der Waals surface area contributed by atoms with Gasteiger partial charge in [-0.05, 0) is 48.6 Å². The molecule has 2 aliphatic heterocycles. The van der Waals surface area contributed by atoms with Crippen molar-refractivity contribution in [2.24, 2.45) is 22.4 Å². The van der Waals surface area contributed by atoms with Crippen LogP contribution in [0.25, 0.3) is 0 Å². The van der Waals surface area contributed by atoms with Crippen LogP contribution in [0, 0.1) is 17.3 Å². The van der Waals surface area contributed by atoms with Crippen molar-refractivity contribution in [1.82, 2.24) is 20.9 Å². The second-order valence-corrected chi connectivity index (χ2v) is 15.4. The second-order valence-electron chi connectivity index (χ2n) is 14.9. The molecular weight excluding hydrogens is 622 g/mol. The van der Waals surface area contributed by atoms with E-state index in [9.17, 15) is 24.0 Å². The normalized spacial score (nSPS) is 24.2. The third kappa shape index (κ3) is 8.52. The SMILES string of the molecule is CNC(=O)C(=O)[C@@H](CC1CC1)NC(=O)[C@@H]1C[C@]2(CC(c3cccc(Cl)c3)=NO2)CN1C(=O)[C@@H](NC(=O)CC1CCCCC1)C(C)(C)C. The van der Waals surface area contributed by atoms with Crippen molar-refractivity contribution in [3.63, 3.8) is 0 Å². The zero-order chi connectivity index (χ0) is 33.9. The first-order chi connectivity index (χ1) is 22.3. The Morgan fingerprint density at radius 3 is 2.40 bits per heavy atom. The summed E-state index contributed by atoms with van der Waals surface area (Å²) in [6, 6.07) is 4.30. The lowest BCUT2D eigenvalue weighted by atomic mass is 9.84. The minimum Gasteiger partial charge on any atom is -0.387 e. The maximum atomic E-state index is 14.5. The van der Waals surface area contributed by atoms with Gasteiger partial charge in [0.15, 0.2) is 5.60 Å². The molecule has 3 fully saturated rings. The summed E-state index contributed by atoms with van der Waals surface area (Å²) in [7, 11) is 1.38. The average Bonchev–Trinajstić information content (AvgIpc) is 3.64. The first kappa shape index (κ1) is 34.9. The summed E-state index contributed by atoms with van der Waals surface area (Å²) in [5.41, 5.74) is -0.238. The van der Waals surface area contributed by atoms with Gasteiger partial charge in [0.1, 0.15) is 12.1 Å². The van der Waals surface area contributed by atoms with Crippen molar-refractivity contribution in [3.8, 4) is 0 Å². The van der Waals surface area contributed by atoms with Gasteiger partial charge in [-0.2, -0.15) is 0 Å². The van der Waals surface area contributed by atoms with Gasteiger partial charge in [0.05, 0.1) is 18.3 Å². The van der Waals surface area contributed by atoms with Crippen molar-refractivity contribution in [3.05, 3.63) is 34.9 Å². The summed E-state index contributed by atoms with van der Waals surface area (Å²) in [4.78, 5) is 74.8. The highest BCUT2D eigenvalue weighted by atomic mass is 35.5. The van der Waals surface area contributed by atoms with E-state index < -0.39 is 52.6 Å². The number of Topliss-reactive ketones (excluding diaryl/α,β-unsaturated/α-hetero) is 1. The van der Waals surface area contributed by atoms with E-state index in [2.05, 4.69) is 21.1 Å². The molecule has 12 heteroatoms. The molecule has 4 atom stereocenters. The summed E-state index contributed by atoms with van der Waals surface area (Å²) in [5, 5.41) is 13.1. The van der Waals surface area contributed by atoms with Crippen LogP contribution in [0.15, 0.2) is 29.4 Å². The number of benzene rings is 1. The zero-order valence-corrected chi connectivity index (χ0v) is 28.7. The lowest BCUT2D eigenvalue weighted by Gasteiger charge is -2.36. The first-order valence-electron chi connectivity index (χ1n) is 17.0. The molecule has 11 nitrogen and oxygen atoms in total. The number of carbonyl (C=O) groups excluding carboxylic acids is 5. The van der Waals surface area contributed by atoms with Crippen LogP contribution in [-0.4, -0.2) is 77.3 Å². The van der Waals surface area contributed by atoms with Gasteiger partial charge in [0.2, 0.25) is 23.5 Å². The quantitative estimate of drug-likeness (QED) is 0.305. The van der Waals surface area contributed by atoms with E-state index in [0.29, 0.717) is 35.9 Å². The minimum atomic E-state index is -1.02. The Bertz CT molecular complexity index is 1420. The number of ketones is 1. The van der Waals surface area contributed by atoms with Gasteiger partial charge < -0.3 is 25.7 Å². The number of hydrogen-bond donors (Lipinski definition) is 3. The number of oxime groups is 1. The minimum absolute atomic E-state index is 0.0548. The van der Waals surface area contributed by atoms with Gasteiger partial charge >= 0.3 is 0 Å². The summed E-state index contributed by atoms with van der Waals surface area (Å²) in [6.07, 6.45) is 8.41. The van der Waals surface area contributed by atoms with Crippen LogP contribution in [0.5, 0.6) is 0 Å². The fraction of sp³-hybridized carbons (Fsp3) is 0.657. The lowest BCUT2D eigenvalue weighted by Crippen LogP contribution is -2.59. The zero-order valence-electron chi connectivity index (χ0n) is 27.9. The predicted octanol–water partition coefficient (Wildman–Crippen LogP) is 3.91. The maximum Gasteiger partial charge on any atom is 0.289 e. The number of likely N-dealkylation sites (tertiary alicyclic amines) is 1. The van der Waals surface area contributed by atoms with Crippen LogP contribution in [0.2, 0.25) is 5.02 Å². The van der Waals surface area contributed by atoms with Gasteiger partial charge in [-0.3, -0.25) is 24.0 Å². The molecule has 0 aromatic heterocycles. The van der Waals surface area contributed by atoms with E-state index in [1.807, 2.05) is 32.9 Å². The van der Waals surface area contributed by atoms with E-state index in [0.717, 1.165) is 44.1 Å². The number of carbonyl (C=O) groups is 5. The van der Waals surface area contributed by atoms with Gasteiger partial charge in [0.25, 0.3) is 5.91 Å². The van der Waals surface area contributed by atoms with Crippen LogP contribution >= 0.6 is 11.6 Å². The second kappa shape index (κ2) is 14.3. The van der Waals surface area contributed by atoms with Crippen molar-refractivity contribution < 1.29 is 28.8 Å². The highest BCUT2D eigenvalue weighted by Crippen LogP contribution is 2.41. The van der Waals surface area contributed by atoms with Crippen LogP contribution in [0.3, 0.4) is 0 Å². The van der Waals surface area contributed by atoms with E-state index in [1.54, 1.807) is 12.1 Å². The molecular formula is C35H48ClN5O6. The molecule has 0 bridgehead atoms. The number of rotatable bonds is 11. The molecule has 1 spiro atoms. The number of hydrogen-bond acceptors (Lipinski definition) is 7. The third-order valence-corrected chi connectivity index (χ3v) is 10.2. The van der Waals surface area contributed by atoms with Crippen LogP contribution in [-0.2, 0) is 28.8 Å². The standard InChI is InChI=1S/C35H48ClN5O6/c1-34(2,3)30(39-28(42)16-21-9-6-5-7-10-21)33(46)41-20-35(18-26(40-47-35)23-11-8-12-24(36)17-23)19-27(41)31(44)38-25(15-22-13-14-22)29(43)32(45)37-4/h8,11-12,17,21-22,25,27,30H,5-7,9-10,13-16,18-20H2,1-4H3,(H,37,45)(H,38,44)(H,39,42)/t25-,27+,30-,35-/m1/s1. The summed E-state index contributed by atoms with van der Waals surface area (Å²) in [5.74, 6) is -2.07. The summed E-state index contributed by atoms with van der Waals surface area (Å²) >= 11 is 6.24. The Morgan fingerprint density at radius 1 is 1.04 bits per heavy atom. The average molecular weight is 670 g/mol. The van der Waals surface area contributed by atoms with Crippen molar-refractivity contribution in [2.75, 3.05) is 13.6 Å². The van der Waals surface area contributed by atoms with Crippen LogP contribution < -0.4 is 16.0 Å². The number of nitrogens with zero attached hydrogens (tertiary/aromatic N) is 2. The van der Waals surface area contributed by atoms with E-state index in [-0.39, 0.29) is 24.8 Å². The lowest BCUT2D eigenvalue weighted by molar-refractivity contribution is -0.145. The van der Waals surface area contributed by atoms with Crippen molar-refractivity contribution in [2.45, 2.75) is 115 Å². The van der Waals surface area contributed by atoms with Gasteiger partial charge in [-0.1, -0.05) is 81.8 Å².